The van der Waals surface area contributed by atoms with Crippen LogP contribution in [0.3, 0.4) is 0 Å². The highest BCUT2D eigenvalue weighted by molar-refractivity contribution is 4.59. The maximum absolute atomic E-state index is 13.4. The summed E-state index contributed by atoms with van der Waals surface area (Å²) in [5, 5.41) is 0. The van der Waals surface area contributed by atoms with Crippen molar-refractivity contribution < 1.29 is 8.78 Å². The minimum atomic E-state index is -0.608. The van der Waals surface area contributed by atoms with E-state index < -0.39 is 12.3 Å². The highest BCUT2D eigenvalue weighted by Gasteiger charge is 2.07. The molecule has 0 radical (unpaired) electrons. The molecule has 2 atom stereocenters. The molecule has 0 aliphatic heterocycles. The van der Waals surface area contributed by atoms with Gasteiger partial charge in [0.05, 0.1) is 0 Å². The quantitative estimate of drug-likeness (QED) is 0.307. The van der Waals surface area contributed by atoms with Crippen LogP contribution in [0, 0.1) is 0 Å². The highest BCUT2D eigenvalue weighted by atomic mass is 19.1. The molecule has 0 amide bonds. The van der Waals surface area contributed by atoms with Crippen molar-refractivity contribution in [2.45, 2.75) is 110 Å². The molecule has 0 N–H and O–H groups in total. The molecule has 0 saturated carbocycles. The van der Waals surface area contributed by atoms with E-state index in [9.17, 15) is 8.78 Å². The average molecular weight is 276 g/mol. The topological polar surface area (TPSA) is 0 Å². The molecule has 2 unspecified atom stereocenters. The Hall–Kier alpha value is -0.140. The number of hydrogen-bond donors (Lipinski definition) is 0. The van der Waals surface area contributed by atoms with E-state index >= 15 is 0 Å². The molecule has 0 aliphatic rings. The molecule has 0 aromatic rings. The van der Waals surface area contributed by atoms with Gasteiger partial charge in [-0.15, -0.1) is 0 Å². The van der Waals surface area contributed by atoms with Crippen molar-refractivity contribution in [3.63, 3.8) is 0 Å². The third-order valence-corrected chi connectivity index (χ3v) is 3.78. The number of alkyl halides is 2. The molecule has 0 rings (SSSR count). The van der Waals surface area contributed by atoms with Gasteiger partial charge in [0.1, 0.15) is 12.3 Å². The van der Waals surface area contributed by atoms with Crippen LogP contribution in [0.5, 0.6) is 0 Å². The van der Waals surface area contributed by atoms with E-state index in [-0.39, 0.29) is 0 Å². The summed E-state index contributed by atoms with van der Waals surface area (Å²) >= 11 is 0. The molecule has 0 spiro atoms. The van der Waals surface area contributed by atoms with Gasteiger partial charge in [-0.3, -0.25) is 0 Å². The molecule has 2 heteroatoms. The number of halogens is 2. The molecule has 116 valence electrons. The molecule has 0 nitrogen and oxygen atoms in total. The van der Waals surface area contributed by atoms with Crippen molar-refractivity contribution in [2.24, 2.45) is 0 Å². The fourth-order valence-corrected chi connectivity index (χ4v) is 2.42. The Morgan fingerprint density at radius 1 is 0.526 bits per heavy atom. The molecule has 0 fully saturated rings. The van der Waals surface area contributed by atoms with Gasteiger partial charge >= 0.3 is 0 Å². The first-order valence-corrected chi connectivity index (χ1v) is 8.48. The average Bonchev–Trinajstić information content (AvgIpc) is 2.40. The lowest BCUT2D eigenvalue weighted by molar-refractivity contribution is 0.271. The predicted molar refractivity (Wildman–Crippen MR) is 81.2 cm³/mol. The molecule has 0 saturated heterocycles. The molecule has 0 aliphatic carbocycles. The number of unbranched alkanes of at least 4 members (excludes halogenated alkanes) is 6. The highest BCUT2D eigenvalue weighted by Crippen LogP contribution is 2.17. The third kappa shape index (κ3) is 14.1. The maximum atomic E-state index is 13.4. The van der Waals surface area contributed by atoms with Gasteiger partial charge in [-0.1, -0.05) is 71.6 Å². The Bertz CT molecular complexity index is 171. The van der Waals surface area contributed by atoms with Crippen LogP contribution in [0.1, 0.15) is 97.3 Å². The first-order valence-electron chi connectivity index (χ1n) is 8.48. The minimum absolute atomic E-state index is 0.606. The van der Waals surface area contributed by atoms with Crippen molar-refractivity contribution in [1.29, 1.82) is 0 Å². The van der Waals surface area contributed by atoms with E-state index in [4.69, 9.17) is 0 Å². The molecular formula is C17H34F2. The van der Waals surface area contributed by atoms with Gasteiger partial charge in [0, 0.05) is 0 Å². The van der Waals surface area contributed by atoms with E-state index in [0.717, 1.165) is 70.6 Å². The fraction of sp³-hybridized carbons (Fsp3) is 1.00. The minimum Gasteiger partial charge on any atom is -0.247 e. The largest absolute Gasteiger partial charge is 0.247 e. The second-order valence-electron chi connectivity index (χ2n) is 5.82. The Morgan fingerprint density at radius 3 is 1.32 bits per heavy atom. The van der Waals surface area contributed by atoms with Crippen LogP contribution in [0.25, 0.3) is 0 Å². The van der Waals surface area contributed by atoms with Crippen LogP contribution in [-0.2, 0) is 0 Å². The molecular weight excluding hydrogens is 242 g/mol. The van der Waals surface area contributed by atoms with Crippen LogP contribution in [-0.4, -0.2) is 12.3 Å². The van der Waals surface area contributed by atoms with Gasteiger partial charge in [0.2, 0.25) is 0 Å². The van der Waals surface area contributed by atoms with E-state index in [2.05, 4.69) is 13.8 Å². The Kier molecular flexibility index (Phi) is 14.2. The molecule has 0 aromatic heterocycles. The Morgan fingerprint density at radius 2 is 0.895 bits per heavy atom. The van der Waals surface area contributed by atoms with E-state index in [1.807, 2.05) is 0 Å². The summed E-state index contributed by atoms with van der Waals surface area (Å²) < 4.78 is 26.8. The lowest BCUT2D eigenvalue weighted by Gasteiger charge is -2.09. The Balaban J connectivity index is 3.21. The lowest BCUT2D eigenvalue weighted by atomic mass is 10.0. The van der Waals surface area contributed by atoms with Gasteiger partial charge in [0.15, 0.2) is 0 Å². The second-order valence-corrected chi connectivity index (χ2v) is 5.82. The summed E-state index contributed by atoms with van der Waals surface area (Å²) in [7, 11) is 0. The van der Waals surface area contributed by atoms with E-state index in [1.54, 1.807) is 0 Å². The molecule has 0 heterocycles. The monoisotopic (exact) mass is 276 g/mol. The SMILES string of the molecule is CCCCCC(F)CCCCCCC(F)CCCC. The van der Waals surface area contributed by atoms with E-state index in [0.29, 0.717) is 12.8 Å². The van der Waals surface area contributed by atoms with Crippen molar-refractivity contribution >= 4 is 0 Å². The van der Waals surface area contributed by atoms with Gasteiger partial charge < -0.3 is 0 Å². The first kappa shape index (κ1) is 18.9. The lowest BCUT2D eigenvalue weighted by Crippen LogP contribution is -2.01. The zero-order valence-electron chi connectivity index (χ0n) is 13.1. The van der Waals surface area contributed by atoms with Crippen LogP contribution in [0.4, 0.5) is 8.78 Å². The van der Waals surface area contributed by atoms with Crippen molar-refractivity contribution in [2.75, 3.05) is 0 Å². The van der Waals surface area contributed by atoms with Crippen LogP contribution in [0.15, 0.2) is 0 Å². The second kappa shape index (κ2) is 14.3. The zero-order valence-corrected chi connectivity index (χ0v) is 13.1. The summed E-state index contributed by atoms with van der Waals surface area (Å²) in [5.74, 6) is 0. The third-order valence-electron chi connectivity index (χ3n) is 3.78. The summed E-state index contributed by atoms with van der Waals surface area (Å²) in [6, 6.07) is 0. The van der Waals surface area contributed by atoms with Crippen LogP contribution in [0.2, 0.25) is 0 Å². The first-order chi connectivity index (χ1) is 9.20. The van der Waals surface area contributed by atoms with Crippen molar-refractivity contribution in [3.05, 3.63) is 0 Å². The fourth-order valence-electron chi connectivity index (χ4n) is 2.42. The number of hydrogen-bond acceptors (Lipinski definition) is 0. The molecule has 0 aromatic carbocycles. The van der Waals surface area contributed by atoms with Crippen molar-refractivity contribution in [3.8, 4) is 0 Å². The standard InChI is InChI=1S/C17H34F2/c1-3-5-9-13-17(19)15-11-8-7-10-14-16(18)12-6-4-2/h16-17H,3-15H2,1-2H3. The van der Waals surface area contributed by atoms with Crippen LogP contribution < -0.4 is 0 Å². The summed E-state index contributed by atoms with van der Waals surface area (Å²) in [6.07, 6.45) is 11.1. The molecule has 19 heavy (non-hydrogen) atoms. The van der Waals surface area contributed by atoms with Gasteiger partial charge in [-0.05, 0) is 25.7 Å². The van der Waals surface area contributed by atoms with E-state index in [1.165, 1.54) is 0 Å². The van der Waals surface area contributed by atoms with Gasteiger partial charge in [0.25, 0.3) is 0 Å². The summed E-state index contributed by atoms with van der Waals surface area (Å²) in [5.41, 5.74) is 0. The smallest absolute Gasteiger partial charge is 0.100 e. The normalized spacial score (nSPS) is 14.5. The van der Waals surface area contributed by atoms with Crippen LogP contribution >= 0.6 is 0 Å². The zero-order chi connectivity index (χ0) is 14.3. The number of rotatable bonds is 14. The predicted octanol–water partition coefficient (Wildman–Crippen LogP) is 6.77. The summed E-state index contributed by atoms with van der Waals surface area (Å²) in [4.78, 5) is 0. The summed E-state index contributed by atoms with van der Waals surface area (Å²) in [6.45, 7) is 4.24. The molecule has 0 bridgehead atoms. The van der Waals surface area contributed by atoms with Gasteiger partial charge in [-0.2, -0.15) is 0 Å². The van der Waals surface area contributed by atoms with Gasteiger partial charge in [-0.25, -0.2) is 8.78 Å². The Labute approximate surface area is 119 Å². The van der Waals surface area contributed by atoms with Crippen molar-refractivity contribution in [1.82, 2.24) is 0 Å². The maximum Gasteiger partial charge on any atom is 0.100 e.